The number of benzene rings is 2. The molecule has 1 unspecified atom stereocenters. The second-order valence-electron chi connectivity index (χ2n) is 17.8. The van der Waals surface area contributed by atoms with Gasteiger partial charge in [-0.3, -0.25) is 29.5 Å². The number of aromatic nitrogens is 3. The molecule has 16 nitrogen and oxygen atoms in total. The van der Waals surface area contributed by atoms with Gasteiger partial charge < -0.3 is 29.5 Å². The van der Waals surface area contributed by atoms with E-state index in [1.54, 1.807) is 4.90 Å². The molecule has 0 aliphatic carbocycles. The molecule has 0 radical (unpaired) electrons. The predicted octanol–water partition coefficient (Wildman–Crippen LogP) is 4.72. The number of nitrogens with zero attached hydrogens (tertiary/aromatic N) is 8. The Hall–Kier alpha value is -6.29. The average Bonchev–Trinajstić information content (AvgIpc) is 3.23. The Morgan fingerprint density at radius 3 is 2.39 bits per heavy atom. The van der Waals surface area contributed by atoms with Crippen LogP contribution in [0.2, 0.25) is 0 Å². The molecule has 324 valence electrons. The minimum atomic E-state index is -0.627. The Labute approximate surface area is 361 Å². The van der Waals surface area contributed by atoms with Crippen molar-refractivity contribution >= 4 is 52.5 Å². The summed E-state index contributed by atoms with van der Waals surface area (Å²) < 4.78 is 11.6. The van der Waals surface area contributed by atoms with Crippen molar-refractivity contribution < 1.29 is 28.7 Å². The van der Waals surface area contributed by atoms with Crippen molar-refractivity contribution in [2.75, 3.05) is 79.0 Å². The molecule has 62 heavy (non-hydrogen) atoms. The van der Waals surface area contributed by atoms with Gasteiger partial charge >= 0.3 is 6.09 Å². The van der Waals surface area contributed by atoms with Crippen LogP contribution in [0.3, 0.4) is 0 Å². The smallest absolute Gasteiger partial charge is 0.415 e. The molecule has 2 N–H and O–H groups in total. The minimum absolute atomic E-state index is 0.133. The largest absolute Gasteiger partial charge is 0.474 e. The summed E-state index contributed by atoms with van der Waals surface area (Å²) in [7, 11) is 0. The van der Waals surface area contributed by atoms with Gasteiger partial charge in [0.2, 0.25) is 29.5 Å². The van der Waals surface area contributed by atoms with Gasteiger partial charge in [-0.2, -0.15) is 0 Å². The number of fused-ring (bicyclic) bond motifs is 2. The fraction of sp³-hybridized carbons (Fsp3) is 0.457. The van der Waals surface area contributed by atoms with E-state index in [0.29, 0.717) is 75.6 Å². The average molecular weight is 843 g/mol. The number of rotatable bonds is 8. The molecule has 3 saturated heterocycles. The summed E-state index contributed by atoms with van der Waals surface area (Å²) in [4.78, 5) is 75.1. The number of hydrogen-bond donors (Lipinski definition) is 2. The van der Waals surface area contributed by atoms with E-state index in [0.717, 1.165) is 84.2 Å². The van der Waals surface area contributed by atoms with Crippen LogP contribution in [0.25, 0.3) is 0 Å². The fourth-order valence-electron chi connectivity index (χ4n) is 9.00. The Morgan fingerprint density at radius 1 is 0.903 bits per heavy atom. The Kier molecular flexibility index (Phi) is 11.2. The van der Waals surface area contributed by atoms with E-state index in [1.807, 2.05) is 81.4 Å². The summed E-state index contributed by atoms with van der Waals surface area (Å²) in [5, 5.41) is 5.79. The van der Waals surface area contributed by atoms with E-state index < -0.39 is 11.7 Å². The lowest BCUT2D eigenvalue weighted by Gasteiger charge is -2.49. The molecule has 5 aliphatic heterocycles. The lowest BCUT2D eigenvalue weighted by atomic mass is 9.90. The van der Waals surface area contributed by atoms with Crippen LogP contribution in [0.5, 0.6) is 5.88 Å². The molecule has 7 heterocycles. The van der Waals surface area contributed by atoms with Crippen molar-refractivity contribution in [3.63, 3.8) is 0 Å². The van der Waals surface area contributed by atoms with E-state index in [9.17, 15) is 19.2 Å². The molecule has 3 fully saturated rings. The second kappa shape index (κ2) is 16.9. The van der Waals surface area contributed by atoms with Crippen LogP contribution < -0.4 is 30.1 Å². The molecule has 2 aromatic carbocycles. The highest BCUT2D eigenvalue weighted by molar-refractivity contribution is 6.01. The summed E-state index contributed by atoms with van der Waals surface area (Å²) in [6.45, 7) is 14.6. The molecule has 1 atom stereocenters. The number of carbonyl (C=O) groups excluding carboxylic acids is 4. The van der Waals surface area contributed by atoms with Crippen molar-refractivity contribution in [3.8, 4) is 5.88 Å². The topological polar surface area (TPSA) is 166 Å². The second-order valence-corrected chi connectivity index (χ2v) is 17.8. The van der Waals surface area contributed by atoms with E-state index in [-0.39, 0.29) is 23.6 Å². The number of piperazine rings is 1. The third kappa shape index (κ3) is 8.73. The first kappa shape index (κ1) is 41.1. The van der Waals surface area contributed by atoms with Gasteiger partial charge in [-0.15, -0.1) is 0 Å². The number of imide groups is 1. The van der Waals surface area contributed by atoms with Gasteiger partial charge in [-0.25, -0.2) is 19.7 Å². The van der Waals surface area contributed by atoms with Crippen molar-refractivity contribution in [3.05, 3.63) is 88.9 Å². The number of pyridine rings is 1. The van der Waals surface area contributed by atoms with Crippen molar-refractivity contribution in [2.45, 2.75) is 77.5 Å². The van der Waals surface area contributed by atoms with Gasteiger partial charge in [-0.1, -0.05) is 24.3 Å². The number of amides is 4. The van der Waals surface area contributed by atoms with Crippen molar-refractivity contribution in [2.24, 2.45) is 0 Å². The van der Waals surface area contributed by atoms with Crippen LogP contribution in [0, 0.1) is 6.92 Å². The third-order valence-corrected chi connectivity index (χ3v) is 12.5. The molecule has 5 aliphatic rings. The molecule has 0 spiro atoms. The maximum absolute atomic E-state index is 13.4. The Morgan fingerprint density at radius 2 is 1.66 bits per heavy atom. The lowest BCUT2D eigenvalue weighted by molar-refractivity contribution is -0.134. The first-order valence-electron chi connectivity index (χ1n) is 21.6. The first-order valence-corrected chi connectivity index (χ1v) is 21.6. The van der Waals surface area contributed by atoms with Crippen molar-refractivity contribution in [1.82, 2.24) is 30.1 Å². The van der Waals surface area contributed by atoms with E-state index in [1.165, 1.54) is 0 Å². The van der Waals surface area contributed by atoms with Gasteiger partial charge in [-0.05, 0) is 81.5 Å². The highest BCUT2D eigenvalue weighted by Crippen LogP contribution is 2.40. The van der Waals surface area contributed by atoms with Crippen LogP contribution in [-0.4, -0.2) is 119 Å². The van der Waals surface area contributed by atoms with Gasteiger partial charge in [0, 0.05) is 81.4 Å². The SMILES string of the molecule is Cc1c(N2CCc3cnc(Nc4ccc(CC(=O)N5CCN(C6CN(c7ccc(C8CCC(=O)NC8=O)cc7)C6)CC5)cc4)nc3C2)cnc2c1N(C(=O)OC(C)(C)C)CCO2. The zero-order valence-electron chi connectivity index (χ0n) is 35.9. The summed E-state index contributed by atoms with van der Waals surface area (Å²) >= 11 is 0. The van der Waals surface area contributed by atoms with E-state index >= 15 is 0 Å². The normalized spacial score (nSPS) is 19.5. The lowest BCUT2D eigenvalue weighted by Crippen LogP contribution is -2.63. The van der Waals surface area contributed by atoms with Crippen LogP contribution >= 0.6 is 0 Å². The van der Waals surface area contributed by atoms with Crippen LogP contribution in [-0.2, 0) is 38.5 Å². The molecular formula is C46H54N10O6. The number of piperidine rings is 1. The zero-order chi connectivity index (χ0) is 43.1. The number of anilines is 5. The Bertz CT molecular complexity index is 2350. The fourth-order valence-corrected chi connectivity index (χ4v) is 9.00. The maximum Gasteiger partial charge on any atom is 0.415 e. The maximum atomic E-state index is 13.4. The number of ether oxygens (including phenoxy) is 2. The van der Waals surface area contributed by atoms with Crippen molar-refractivity contribution in [1.29, 1.82) is 0 Å². The van der Waals surface area contributed by atoms with Gasteiger partial charge in [0.25, 0.3) is 0 Å². The highest BCUT2D eigenvalue weighted by atomic mass is 16.6. The van der Waals surface area contributed by atoms with Gasteiger partial charge in [0.1, 0.15) is 17.9 Å². The summed E-state index contributed by atoms with van der Waals surface area (Å²) in [6, 6.07) is 16.5. The molecule has 16 heteroatoms. The quantitative estimate of drug-likeness (QED) is 0.235. The molecule has 4 aromatic rings. The summed E-state index contributed by atoms with van der Waals surface area (Å²) in [5.41, 5.74) is 7.69. The highest BCUT2D eigenvalue weighted by Gasteiger charge is 2.36. The number of carbonyl (C=O) groups is 4. The standard InChI is InChI=1S/C46H54N10O6/c1-29-38(25-47-43-41(29)56(21-22-61-43)45(60)62-46(2,3)4)54-16-15-32-24-48-44(50-37(32)28-54)49-33-9-5-30(6-10-33)23-40(58)53-19-17-52(18-20-53)35-26-55(27-35)34-11-7-31(8-12-34)36-13-14-39(57)51-42(36)59/h5-12,24-25,35-36H,13-23,26-28H2,1-4H3,(H,48,49,50)(H,51,57,59). The monoisotopic (exact) mass is 842 g/mol. The molecular weight excluding hydrogens is 789 g/mol. The van der Waals surface area contributed by atoms with E-state index in [4.69, 9.17) is 14.5 Å². The molecule has 9 rings (SSSR count). The third-order valence-electron chi connectivity index (χ3n) is 12.5. The molecule has 2 aromatic heterocycles. The van der Waals surface area contributed by atoms with Crippen LogP contribution in [0.4, 0.5) is 33.5 Å². The van der Waals surface area contributed by atoms with Crippen LogP contribution in [0.15, 0.2) is 60.9 Å². The van der Waals surface area contributed by atoms with Gasteiger partial charge in [0.05, 0.1) is 43.0 Å². The Balaban J connectivity index is 0.746. The predicted molar refractivity (Wildman–Crippen MR) is 234 cm³/mol. The van der Waals surface area contributed by atoms with Crippen LogP contribution in [0.1, 0.15) is 67.5 Å². The number of nitrogens with one attached hydrogen (secondary N) is 2. The van der Waals surface area contributed by atoms with E-state index in [2.05, 4.69) is 47.4 Å². The molecule has 0 saturated carbocycles. The van der Waals surface area contributed by atoms with Gasteiger partial charge in [0.15, 0.2) is 0 Å². The summed E-state index contributed by atoms with van der Waals surface area (Å²) in [5.74, 6) is 0.378. The molecule has 4 amide bonds. The summed E-state index contributed by atoms with van der Waals surface area (Å²) in [6.07, 6.45) is 5.31. The number of hydrogen-bond acceptors (Lipinski definition) is 13. The molecule has 0 bridgehead atoms. The first-order chi connectivity index (χ1) is 29.8. The zero-order valence-corrected chi connectivity index (χ0v) is 35.9. The minimum Gasteiger partial charge on any atom is -0.474 e.